The summed E-state index contributed by atoms with van der Waals surface area (Å²) in [4.78, 5) is 13.9. The molecule has 0 aliphatic carbocycles. The molecular formula is C12H22N6O2. The van der Waals surface area contributed by atoms with Crippen LogP contribution in [0.3, 0.4) is 0 Å². The summed E-state index contributed by atoms with van der Waals surface area (Å²) in [6, 6.07) is 0.252. The fraction of sp³-hybridized carbons (Fsp3) is 0.833. The van der Waals surface area contributed by atoms with Crippen LogP contribution in [0.4, 0.5) is 0 Å². The number of aliphatic hydroxyl groups is 1. The molecule has 20 heavy (non-hydrogen) atoms. The number of piperidine rings is 1. The summed E-state index contributed by atoms with van der Waals surface area (Å²) in [5.74, 6) is -0.00180. The number of nitrogens with one attached hydrogen (secondary N) is 1. The lowest BCUT2D eigenvalue weighted by Gasteiger charge is -2.34. The first-order valence-electron chi connectivity index (χ1n) is 7.12. The molecule has 8 heteroatoms. The minimum atomic E-state index is -0.00180. The van der Waals surface area contributed by atoms with Crippen LogP contribution < -0.4 is 5.32 Å². The van der Waals surface area contributed by atoms with Gasteiger partial charge in [-0.1, -0.05) is 6.42 Å². The summed E-state index contributed by atoms with van der Waals surface area (Å²) in [7, 11) is 0. The van der Waals surface area contributed by atoms with Gasteiger partial charge in [-0.05, 0) is 29.8 Å². The van der Waals surface area contributed by atoms with Crippen molar-refractivity contribution in [3.8, 4) is 0 Å². The summed E-state index contributed by atoms with van der Waals surface area (Å²) < 4.78 is 1.53. The van der Waals surface area contributed by atoms with Crippen molar-refractivity contribution in [3.05, 3.63) is 6.33 Å². The second-order valence-electron chi connectivity index (χ2n) is 5.04. The van der Waals surface area contributed by atoms with Gasteiger partial charge in [0.15, 0.2) is 0 Å². The largest absolute Gasteiger partial charge is 0.395 e. The first-order chi connectivity index (χ1) is 9.79. The van der Waals surface area contributed by atoms with E-state index in [4.69, 9.17) is 0 Å². The zero-order chi connectivity index (χ0) is 14.2. The standard InChI is InChI=1S/C12H22N6O2/c19-9-11-3-1-2-6-17(11)8-5-13-12(20)4-7-18-10-14-15-16-18/h10-11,19H,1-9H2,(H,13,20). The third-order valence-corrected chi connectivity index (χ3v) is 3.64. The number of carbonyl (C=O) groups is 1. The van der Waals surface area contributed by atoms with Crippen LogP contribution in [-0.2, 0) is 11.3 Å². The SMILES string of the molecule is O=C(CCn1cnnn1)NCCN1CCCCC1CO. The van der Waals surface area contributed by atoms with Crippen LogP contribution in [0.5, 0.6) is 0 Å². The molecule has 112 valence electrons. The highest BCUT2D eigenvalue weighted by Gasteiger charge is 2.20. The van der Waals surface area contributed by atoms with Gasteiger partial charge >= 0.3 is 0 Å². The Bertz CT molecular complexity index is 397. The van der Waals surface area contributed by atoms with Crippen molar-refractivity contribution in [2.45, 2.75) is 38.3 Å². The molecule has 1 atom stereocenters. The van der Waals surface area contributed by atoms with Gasteiger partial charge < -0.3 is 10.4 Å². The fourth-order valence-electron chi connectivity index (χ4n) is 2.49. The summed E-state index contributed by atoms with van der Waals surface area (Å²) >= 11 is 0. The number of tetrazole rings is 1. The van der Waals surface area contributed by atoms with Gasteiger partial charge in [0.2, 0.25) is 5.91 Å². The Morgan fingerprint density at radius 2 is 2.30 bits per heavy atom. The molecule has 1 aromatic heterocycles. The lowest BCUT2D eigenvalue weighted by molar-refractivity contribution is -0.121. The smallest absolute Gasteiger partial charge is 0.221 e. The number of aliphatic hydroxyl groups excluding tert-OH is 1. The van der Waals surface area contributed by atoms with Crippen LogP contribution in [0.2, 0.25) is 0 Å². The van der Waals surface area contributed by atoms with Gasteiger partial charge in [0.05, 0.1) is 13.2 Å². The van der Waals surface area contributed by atoms with Crippen LogP contribution >= 0.6 is 0 Å². The summed E-state index contributed by atoms with van der Waals surface area (Å²) in [6.07, 6.45) is 5.26. The topological polar surface area (TPSA) is 96.2 Å². The number of hydrogen-bond acceptors (Lipinski definition) is 6. The van der Waals surface area contributed by atoms with E-state index in [1.807, 2.05) is 0 Å². The van der Waals surface area contributed by atoms with Crippen molar-refractivity contribution in [2.75, 3.05) is 26.2 Å². The number of rotatable bonds is 7. The number of aryl methyl sites for hydroxylation is 1. The molecule has 1 aliphatic heterocycles. The molecule has 0 aromatic carbocycles. The molecule has 0 bridgehead atoms. The lowest BCUT2D eigenvalue weighted by atomic mass is 10.0. The summed E-state index contributed by atoms with van der Waals surface area (Å²) in [6.45, 7) is 3.10. The number of aromatic nitrogens is 4. The highest BCUT2D eigenvalue weighted by Crippen LogP contribution is 2.15. The Morgan fingerprint density at radius 3 is 3.05 bits per heavy atom. The van der Waals surface area contributed by atoms with Gasteiger partial charge in [0.1, 0.15) is 6.33 Å². The highest BCUT2D eigenvalue weighted by atomic mass is 16.3. The molecule has 8 nitrogen and oxygen atoms in total. The van der Waals surface area contributed by atoms with E-state index >= 15 is 0 Å². The molecular weight excluding hydrogens is 260 g/mol. The minimum Gasteiger partial charge on any atom is -0.395 e. The fourth-order valence-corrected chi connectivity index (χ4v) is 2.49. The molecule has 2 N–H and O–H groups in total. The maximum atomic E-state index is 11.7. The third kappa shape index (κ3) is 4.53. The Balaban J connectivity index is 1.61. The zero-order valence-electron chi connectivity index (χ0n) is 11.6. The summed E-state index contributed by atoms with van der Waals surface area (Å²) in [5.41, 5.74) is 0. The molecule has 0 saturated carbocycles. The average molecular weight is 282 g/mol. The monoisotopic (exact) mass is 282 g/mol. The van der Waals surface area contributed by atoms with Gasteiger partial charge in [-0.3, -0.25) is 9.69 Å². The second kappa shape index (κ2) is 7.91. The highest BCUT2D eigenvalue weighted by molar-refractivity contribution is 5.75. The van der Waals surface area contributed by atoms with Crippen LogP contribution in [0.1, 0.15) is 25.7 Å². The third-order valence-electron chi connectivity index (χ3n) is 3.64. The number of carbonyl (C=O) groups excluding carboxylic acids is 1. The number of likely N-dealkylation sites (tertiary alicyclic amines) is 1. The van der Waals surface area contributed by atoms with E-state index in [1.165, 1.54) is 23.9 Å². The zero-order valence-corrected chi connectivity index (χ0v) is 11.6. The van der Waals surface area contributed by atoms with E-state index in [1.54, 1.807) is 0 Å². The number of hydrogen-bond donors (Lipinski definition) is 2. The maximum Gasteiger partial charge on any atom is 0.221 e. The number of amides is 1. The predicted octanol–water partition coefficient (Wildman–Crippen LogP) is -0.974. The van der Waals surface area contributed by atoms with E-state index in [9.17, 15) is 9.90 Å². The Morgan fingerprint density at radius 1 is 1.40 bits per heavy atom. The Kier molecular flexibility index (Phi) is 5.87. The molecule has 1 fully saturated rings. The van der Waals surface area contributed by atoms with E-state index in [2.05, 4.69) is 25.7 Å². The molecule has 1 amide bonds. The van der Waals surface area contributed by atoms with Crippen molar-refractivity contribution >= 4 is 5.91 Å². The van der Waals surface area contributed by atoms with Crippen LogP contribution in [0.25, 0.3) is 0 Å². The molecule has 1 aromatic rings. The maximum absolute atomic E-state index is 11.7. The molecule has 1 saturated heterocycles. The molecule has 2 heterocycles. The first-order valence-corrected chi connectivity index (χ1v) is 7.12. The molecule has 1 aliphatic rings. The van der Waals surface area contributed by atoms with Crippen molar-refractivity contribution in [1.82, 2.24) is 30.4 Å². The lowest BCUT2D eigenvalue weighted by Crippen LogP contribution is -2.45. The second-order valence-corrected chi connectivity index (χ2v) is 5.04. The molecule has 1 unspecified atom stereocenters. The van der Waals surface area contributed by atoms with Crippen LogP contribution in [-0.4, -0.2) is 68.4 Å². The van der Waals surface area contributed by atoms with Crippen molar-refractivity contribution in [3.63, 3.8) is 0 Å². The molecule has 0 radical (unpaired) electrons. The predicted molar refractivity (Wildman–Crippen MR) is 71.7 cm³/mol. The van der Waals surface area contributed by atoms with E-state index < -0.39 is 0 Å². The molecule has 0 spiro atoms. The van der Waals surface area contributed by atoms with E-state index in [0.29, 0.717) is 19.5 Å². The van der Waals surface area contributed by atoms with Gasteiger partial charge in [-0.25, -0.2) is 4.68 Å². The minimum absolute atomic E-state index is 0.00180. The number of nitrogens with zero attached hydrogens (tertiary/aromatic N) is 5. The van der Waals surface area contributed by atoms with Gasteiger partial charge in [-0.2, -0.15) is 0 Å². The normalized spacial score (nSPS) is 19.9. The molecule has 2 rings (SSSR count). The van der Waals surface area contributed by atoms with E-state index in [0.717, 1.165) is 19.5 Å². The van der Waals surface area contributed by atoms with Crippen molar-refractivity contribution in [1.29, 1.82) is 0 Å². The quantitative estimate of drug-likeness (QED) is 0.668. The van der Waals surface area contributed by atoms with Crippen LogP contribution in [0, 0.1) is 0 Å². The summed E-state index contributed by atoms with van der Waals surface area (Å²) in [5, 5.41) is 22.9. The van der Waals surface area contributed by atoms with Crippen LogP contribution in [0.15, 0.2) is 6.33 Å². The van der Waals surface area contributed by atoms with Gasteiger partial charge in [0, 0.05) is 25.6 Å². The average Bonchev–Trinajstić information content (AvgIpc) is 2.99. The van der Waals surface area contributed by atoms with Gasteiger partial charge in [0.25, 0.3) is 0 Å². The van der Waals surface area contributed by atoms with Crippen molar-refractivity contribution in [2.24, 2.45) is 0 Å². The van der Waals surface area contributed by atoms with Gasteiger partial charge in [-0.15, -0.1) is 5.10 Å². The van der Waals surface area contributed by atoms with Crippen molar-refractivity contribution < 1.29 is 9.90 Å². The van der Waals surface area contributed by atoms with E-state index in [-0.39, 0.29) is 18.6 Å². The Hall–Kier alpha value is -1.54. The first kappa shape index (κ1) is 14.9. The Labute approximate surface area is 118 Å².